The SMILES string of the molecule is CC/C=C\C/C=C\C/C=C\C/C=C\C/C=C\C/C=C\CCCCCCC(=O)OC(COC(=O)CCCCCCC/C=C\CCCCC)COP(=O)(O)OCC[N+](C)(C)C. The lowest BCUT2D eigenvalue weighted by Gasteiger charge is -2.24. The Labute approximate surface area is 361 Å². The molecule has 2 unspecified atom stereocenters. The maximum atomic E-state index is 12.7. The van der Waals surface area contributed by atoms with Crippen LogP contribution in [0.4, 0.5) is 0 Å². The van der Waals surface area contributed by atoms with Gasteiger partial charge < -0.3 is 18.9 Å². The molecule has 0 amide bonds. The van der Waals surface area contributed by atoms with Gasteiger partial charge in [-0.2, -0.15) is 0 Å². The molecule has 0 fully saturated rings. The number of nitrogens with zero attached hydrogens (tertiary/aromatic N) is 1. The monoisotopic (exact) mass is 847 g/mol. The van der Waals surface area contributed by atoms with Gasteiger partial charge in [-0.3, -0.25) is 18.6 Å². The average molecular weight is 847 g/mol. The lowest BCUT2D eigenvalue weighted by atomic mass is 10.1. The van der Waals surface area contributed by atoms with Gasteiger partial charge in [0.25, 0.3) is 0 Å². The molecule has 1 N–H and O–H groups in total. The zero-order chi connectivity index (χ0) is 43.6. The first-order chi connectivity index (χ1) is 28.5. The second-order valence-electron chi connectivity index (χ2n) is 16.0. The zero-order valence-corrected chi connectivity index (χ0v) is 38.8. The highest BCUT2D eigenvalue weighted by Crippen LogP contribution is 2.43. The van der Waals surface area contributed by atoms with E-state index in [1.165, 1.54) is 25.7 Å². The zero-order valence-electron chi connectivity index (χ0n) is 38.0. The van der Waals surface area contributed by atoms with Gasteiger partial charge in [0.2, 0.25) is 0 Å². The molecule has 0 bridgehead atoms. The normalized spacial score (nSPS) is 14.3. The third-order valence-corrected chi connectivity index (χ3v) is 10.1. The number of esters is 2. The number of unbranched alkanes of at least 4 members (excludes halogenated alkanes) is 12. The van der Waals surface area contributed by atoms with E-state index < -0.39 is 26.5 Å². The fraction of sp³-hybridized carbons (Fsp3) is 0.673. The highest BCUT2D eigenvalue weighted by atomic mass is 31.2. The molecular formula is C49H85NO8P+. The Morgan fingerprint density at radius 3 is 1.46 bits per heavy atom. The third-order valence-electron chi connectivity index (χ3n) is 9.16. The summed E-state index contributed by atoms with van der Waals surface area (Å²) in [7, 11) is 1.44. The van der Waals surface area contributed by atoms with Crippen LogP contribution in [0.3, 0.4) is 0 Å². The Balaban J connectivity index is 4.39. The number of phosphoric acid groups is 1. The van der Waals surface area contributed by atoms with Crippen LogP contribution in [0.15, 0.2) is 85.1 Å². The molecule has 0 heterocycles. The number of allylic oxidation sites excluding steroid dienone is 14. The van der Waals surface area contributed by atoms with Crippen LogP contribution in [-0.4, -0.2) is 74.9 Å². The molecule has 0 rings (SSSR count). The standard InChI is InChI=1S/C49H84NO8P/c1-6-8-10-12-14-16-18-20-21-22-23-24-25-26-27-28-29-30-32-34-36-38-40-42-49(52)58-47(46-57-59(53,54)56-44-43-50(3,4)5)45-55-48(51)41-39-37-35-33-31-19-17-15-13-11-9-7-2/h8,10,14-17,20-21,23-24,26-27,29-30,47H,6-7,9,11-13,18-19,22,25,28,31-46H2,1-5H3/p+1/b10-8-,16-14-,17-15-,21-20-,24-23-,27-26-,30-29-. The highest BCUT2D eigenvalue weighted by molar-refractivity contribution is 7.47. The molecule has 0 aromatic rings. The highest BCUT2D eigenvalue weighted by Gasteiger charge is 2.27. The second kappa shape index (κ2) is 40.6. The fourth-order valence-electron chi connectivity index (χ4n) is 5.60. The van der Waals surface area contributed by atoms with Crippen LogP contribution >= 0.6 is 7.82 Å². The number of carbonyl (C=O) groups excluding carboxylic acids is 2. The summed E-state index contributed by atoms with van der Waals surface area (Å²) in [5.41, 5.74) is 0. The van der Waals surface area contributed by atoms with E-state index in [-0.39, 0.29) is 32.0 Å². The minimum absolute atomic E-state index is 0.0204. The number of ether oxygens (including phenoxy) is 2. The largest absolute Gasteiger partial charge is 0.472 e. The first-order valence-electron chi connectivity index (χ1n) is 22.8. The van der Waals surface area contributed by atoms with E-state index >= 15 is 0 Å². The van der Waals surface area contributed by atoms with Crippen LogP contribution in [0.2, 0.25) is 0 Å². The van der Waals surface area contributed by atoms with E-state index in [4.69, 9.17) is 18.5 Å². The first kappa shape index (κ1) is 56.2. The average Bonchev–Trinajstić information content (AvgIpc) is 3.19. The molecule has 0 aromatic carbocycles. The van der Waals surface area contributed by atoms with Crippen molar-refractivity contribution in [2.45, 2.75) is 168 Å². The summed E-state index contributed by atoms with van der Waals surface area (Å²) in [4.78, 5) is 35.4. The van der Waals surface area contributed by atoms with Crippen molar-refractivity contribution in [3.05, 3.63) is 85.1 Å². The quantitative estimate of drug-likeness (QED) is 0.0214. The molecule has 0 radical (unpaired) electrons. The molecule has 0 aliphatic heterocycles. The lowest BCUT2D eigenvalue weighted by Crippen LogP contribution is -2.37. The first-order valence-corrected chi connectivity index (χ1v) is 24.3. The Bertz CT molecular complexity index is 1280. The predicted octanol–water partition coefficient (Wildman–Crippen LogP) is 13.2. The number of quaternary nitrogens is 1. The summed E-state index contributed by atoms with van der Waals surface area (Å²) in [5, 5.41) is 0. The summed E-state index contributed by atoms with van der Waals surface area (Å²) in [6.07, 6.45) is 52.0. The summed E-state index contributed by atoms with van der Waals surface area (Å²) in [6, 6.07) is 0. The third kappa shape index (κ3) is 44.6. The van der Waals surface area contributed by atoms with Crippen molar-refractivity contribution >= 4 is 19.8 Å². The van der Waals surface area contributed by atoms with Crippen LogP contribution in [0.1, 0.15) is 162 Å². The van der Waals surface area contributed by atoms with E-state index in [1.807, 2.05) is 21.1 Å². The van der Waals surface area contributed by atoms with Gasteiger partial charge in [-0.05, 0) is 89.9 Å². The topological polar surface area (TPSA) is 108 Å². The maximum absolute atomic E-state index is 12.7. The molecule has 0 spiro atoms. The van der Waals surface area contributed by atoms with Crippen LogP contribution in [0.5, 0.6) is 0 Å². The van der Waals surface area contributed by atoms with E-state index in [9.17, 15) is 19.0 Å². The van der Waals surface area contributed by atoms with Crippen LogP contribution in [-0.2, 0) is 32.7 Å². The molecule has 59 heavy (non-hydrogen) atoms. The molecule has 0 saturated carbocycles. The van der Waals surface area contributed by atoms with E-state index in [2.05, 4.69) is 98.9 Å². The Morgan fingerprint density at radius 2 is 0.966 bits per heavy atom. The van der Waals surface area contributed by atoms with Crippen molar-refractivity contribution in [1.29, 1.82) is 0 Å². The predicted molar refractivity (Wildman–Crippen MR) is 247 cm³/mol. The minimum Gasteiger partial charge on any atom is -0.462 e. The molecule has 9 nitrogen and oxygen atoms in total. The van der Waals surface area contributed by atoms with Gasteiger partial charge in [-0.1, -0.05) is 144 Å². The van der Waals surface area contributed by atoms with Crippen molar-refractivity contribution in [1.82, 2.24) is 0 Å². The van der Waals surface area contributed by atoms with E-state index in [0.717, 1.165) is 103 Å². The number of likely N-dealkylation sites (N-methyl/N-ethyl adjacent to an activating group) is 1. The molecule has 0 aliphatic rings. The summed E-state index contributed by atoms with van der Waals surface area (Å²) in [5.74, 6) is -0.847. The summed E-state index contributed by atoms with van der Waals surface area (Å²) >= 11 is 0. The number of carbonyl (C=O) groups is 2. The summed E-state index contributed by atoms with van der Waals surface area (Å²) < 4.78 is 34.3. The maximum Gasteiger partial charge on any atom is 0.472 e. The van der Waals surface area contributed by atoms with Crippen LogP contribution in [0.25, 0.3) is 0 Å². The van der Waals surface area contributed by atoms with E-state index in [1.54, 1.807) is 0 Å². The van der Waals surface area contributed by atoms with E-state index in [0.29, 0.717) is 17.4 Å². The number of phosphoric ester groups is 1. The van der Waals surface area contributed by atoms with Gasteiger partial charge in [-0.25, -0.2) is 4.57 Å². The van der Waals surface area contributed by atoms with Gasteiger partial charge >= 0.3 is 19.8 Å². The van der Waals surface area contributed by atoms with Gasteiger partial charge in [0.15, 0.2) is 6.10 Å². The molecule has 0 aliphatic carbocycles. The fourth-order valence-corrected chi connectivity index (χ4v) is 6.34. The van der Waals surface area contributed by atoms with Crippen molar-refractivity contribution in [2.24, 2.45) is 0 Å². The summed E-state index contributed by atoms with van der Waals surface area (Å²) in [6.45, 7) is 4.22. The van der Waals surface area contributed by atoms with Crippen molar-refractivity contribution in [3.63, 3.8) is 0 Å². The minimum atomic E-state index is -4.39. The number of hydrogen-bond acceptors (Lipinski definition) is 7. The van der Waals surface area contributed by atoms with Gasteiger partial charge in [0, 0.05) is 12.8 Å². The Kier molecular flexibility index (Phi) is 38.7. The molecular weight excluding hydrogens is 762 g/mol. The van der Waals surface area contributed by atoms with Gasteiger partial charge in [0.05, 0.1) is 27.7 Å². The Morgan fingerprint density at radius 1 is 0.542 bits per heavy atom. The van der Waals surface area contributed by atoms with Crippen molar-refractivity contribution in [2.75, 3.05) is 47.5 Å². The smallest absolute Gasteiger partial charge is 0.462 e. The second-order valence-corrected chi connectivity index (χ2v) is 17.5. The number of rotatable bonds is 40. The van der Waals surface area contributed by atoms with Crippen molar-refractivity contribution < 1.29 is 42.1 Å². The molecule has 338 valence electrons. The van der Waals surface area contributed by atoms with Crippen LogP contribution in [0, 0.1) is 0 Å². The van der Waals surface area contributed by atoms with Crippen LogP contribution < -0.4 is 0 Å². The molecule has 10 heteroatoms. The van der Waals surface area contributed by atoms with Gasteiger partial charge in [-0.15, -0.1) is 0 Å². The molecule has 0 saturated heterocycles. The molecule has 0 aromatic heterocycles. The van der Waals surface area contributed by atoms with Crippen molar-refractivity contribution in [3.8, 4) is 0 Å². The van der Waals surface area contributed by atoms with Gasteiger partial charge in [0.1, 0.15) is 19.8 Å². The lowest BCUT2D eigenvalue weighted by molar-refractivity contribution is -0.870. The Hall–Kier alpha value is -2.81. The molecule has 2 atom stereocenters. The number of hydrogen-bond donors (Lipinski definition) is 1.